The van der Waals surface area contributed by atoms with E-state index >= 15 is 0 Å². The highest BCUT2D eigenvalue weighted by molar-refractivity contribution is 5.78. The van der Waals surface area contributed by atoms with Crippen molar-refractivity contribution < 1.29 is 9.90 Å². The Hall–Kier alpha value is -0.610. The first-order valence-electron chi connectivity index (χ1n) is 6.15. The lowest BCUT2D eigenvalue weighted by molar-refractivity contribution is -0.132. The standard InChI is InChI=1S/C12H26N2O2/c1-5-7-14(8-6-2)12(16)9-13(4)11(3)10-15/h11,15H,5-10H2,1-4H3. The first kappa shape index (κ1) is 15.4. The molecule has 0 saturated carbocycles. The van der Waals surface area contributed by atoms with Crippen LogP contribution in [0.25, 0.3) is 0 Å². The van der Waals surface area contributed by atoms with Crippen LogP contribution in [0.5, 0.6) is 0 Å². The van der Waals surface area contributed by atoms with Gasteiger partial charge in [-0.25, -0.2) is 0 Å². The predicted octanol–water partition coefficient (Wildman–Crippen LogP) is 0.948. The molecule has 1 amide bonds. The number of amides is 1. The molecule has 0 aromatic carbocycles. The second-order valence-corrected chi connectivity index (χ2v) is 4.33. The molecule has 16 heavy (non-hydrogen) atoms. The monoisotopic (exact) mass is 230 g/mol. The fourth-order valence-corrected chi connectivity index (χ4v) is 1.51. The first-order chi connectivity index (χ1) is 7.56. The largest absolute Gasteiger partial charge is 0.395 e. The third kappa shape index (κ3) is 5.47. The minimum absolute atomic E-state index is 0.0362. The number of rotatable bonds is 8. The minimum Gasteiger partial charge on any atom is -0.395 e. The SMILES string of the molecule is CCCN(CCC)C(=O)CN(C)C(C)CO. The van der Waals surface area contributed by atoms with Crippen molar-refractivity contribution in [3.8, 4) is 0 Å². The van der Waals surface area contributed by atoms with Crippen molar-refractivity contribution in [2.75, 3.05) is 33.3 Å². The molecule has 4 heteroatoms. The van der Waals surface area contributed by atoms with Gasteiger partial charge in [-0.1, -0.05) is 13.8 Å². The normalized spacial score (nSPS) is 12.9. The Morgan fingerprint density at radius 2 is 1.75 bits per heavy atom. The van der Waals surface area contributed by atoms with E-state index in [1.807, 2.05) is 23.8 Å². The number of aliphatic hydroxyl groups excluding tert-OH is 1. The summed E-state index contributed by atoms with van der Waals surface area (Å²) in [7, 11) is 1.87. The van der Waals surface area contributed by atoms with Crippen molar-refractivity contribution in [2.24, 2.45) is 0 Å². The molecule has 0 aliphatic carbocycles. The van der Waals surface area contributed by atoms with E-state index in [0.29, 0.717) is 6.54 Å². The number of carbonyl (C=O) groups excluding carboxylic acids is 1. The average molecular weight is 230 g/mol. The molecule has 0 aliphatic rings. The van der Waals surface area contributed by atoms with E-state index in [-0.39, 0.29) is 18.6 Å². The summed E-state index contributed by atoms with van der Waals surface area (Å²) in [5.41, 5.74) is 0. The van der Waals surface area contributed by atoms with Crippen LogP contribution in [0, 0.1) is 0 Å². The van der Waals surface area contributed by atoms with Gasteiger partial charge in [-0.3, -0.25) is 9.69 Å². The summed E-state index contributed by atoms with van der Waals surface area (Å²) in [6.07, 6.45) is 1.98. The molecule has 0 spiro atoms. The maximum absolute atomic E-state index is 12.0. The molecule has 0 aromatic rings. The van der Waals surface area contributed by atoms with Crippen molar-refractivity contribution in [3.63, 3.8) is 0 Å². The molecule has 0 aliphatic heterocycles. The molecule has 0 radical (unpaired) electrons. The fourth-order valence-electron chi connectivity index (χ4n) is 1.51. The topological polar surface area (TPSA) is 43.8 Å². The summed E-state index contributed by atoms with van der Waals surface area (Å²) in [6.45, 7) is 8.21. The summed E-state index contributed by atoms with van der Waals surface area (Å²) in [5, 5.41) is 9.00. The van der Waals surface area contributed by atoms with Crippen LogP contribution in [0.3, 0.4) is 0 Å². The van der Waals surface area contributed by atoms with E-state index in [1.54, 1.807) is 0 Å². The smallest absolute Gasteiger partial charge is 0.236 e. The molecule has 1 N–H and O–H groups in total. The Kier molecular flexibility index (Phi) is 8.21. The van der Waals surface area contributed by atoms with Crippen molar-refractivity contribution in [2.45, 2.75) is 39.7 Å². The maximum atomic E-state index is 12.0. The predicted molar refractivity (Wildman–Crippen MR) is 66.3 cm³/mol. The molecular weight excluding hydrogens is 204 g/mol. The zero-order valence-corrected chi connectivity index (χ0v) is 11.1. The van der Waals surface area contributed by atoms with Crippen molar-refractivity contribution >= 4 is 5.91 Å². The average Bonchev–Trinajstić information content (AvgIpc) is 2.27. The maximum Gasteiger partial charge on any atom is 0.236 e. The van der Waals surface area contributed by atoms with E-state index in [2.05, 4.69) is 13.8 Å². The van der Waals surface area contributed by atoms with Gasteiger partial charge in [0, 0.05) is 19.1 Å². The number of likely N-dealkylation sites (N-methyl/N-ethyl adjacent to an activating group) is 1. The van der Waals surface area contributed by atoms with Crippen LogP contribution >= 0.6 is 0 Å². The van der Waals surface area contributed by atoms with Gasteiger partial charge in [-0.05, 0) is 26.8 Å². The summed E-state index contributed by atoms with van der Waals surface area (Å²) < 4.78 is 0. The Bertz CT molecular complexity index is 191. The molecule has 0 aromatic heterocycles. The van der Waals surface area contributed by atoms with Crippen molar-refractivity contribution in [1.29, 1.82) is 0 Å². The van der Waals surface area contributed by atoms with E-state index in [4.69, 9.17) is 5.11 Å². The number of nitrogens with zero attached hydrogens (tertiary/aromatic N) is 2. The molecule has 1 unspecified atom stereocenters. The van der Waals surface area contributed by atoms with Crippen LogP contribution < -0.4 is 0 Å². The molecule has 1 atom stereocenters. The summed E-state index contributed by atoms with van der Waals surface area (Å²) in [6, 6.07) is 0.0362. The van der Waals surface area contributed by atoms with E-state index in [0.717, 1.165) is 25.9 Å². The van der Waals surface area contributed by atoms with Crippen LogP contribution in [0.4, 0.5) is 0 Å². The number of aliphatic hydroxyl groups is 1. The fraction of sp³-hybridized carbons (Fsp3) is 0.917. The molecule has 4 nitrogen and oxygen atoms in total. The lowest BCUT2D eigenvalue weighted by atomic mass is 10.3. The third-order valence-corrected chi connectivity index (χ3v) is 2.74. The van der Waals surface area contributed by atoms with Crippen molar-refractivity contribution in [3.05, 3.63) is 0 Å². The summed E-state index contributed by atoms with van der Waals surface area (Å²) in [4.78, 5) is 15.7. The van der Waals surface area contributed by atoms with E-state index in [1.165, 1.54) is 0 Å². The van der Waals surface area contributed by atoms with Gasteiger partial charge in [0.25, 0.3) is 0 Å². The highest BCUT2D eigenvalue weighted by atomic mass is 16.3. The van der Waals surface area contributed by atoms with Gasteiger partial charge >= 0.3 is 0 Å². The Morgan fingerprint density at radius 1 is 1.25 bits per heavy atom. The molecule has 0 heterocycles. The van der Waals surface area contributed by atoms with Crippen LogP contribution in [0.2, 0.25) is 0 Å². The van der Waals surface area contributed by atoms with Crippen molar-refractivity contribution in [1.82, 2.24) is 9.80 Å². The third-order valence-electron chi connectivity index (χ3n) is 2.74. The number of hydrogen-bond acceptors (Lipinski definition) is 3. The van der Waals surface area contributed by atoms with Crippen LogP contribution in [-0.2, 0) is 4.79 Å². The molecule has 0 rings (SSSR count). The number of hydrogen-bond donors (Lipinski definition) is 1. The lowest BCUT2D eigenvalue weighted by Crippen LogP contribution is -2.43. The van der Waals surface area contributed by atoms with Crippen LogP contribution in [0.1, 0.15) is 33.6 Å². The molecule has 0 fully saturated rings. The minimum atomic E-state index is 0.0362. The van der Waals surface area contributed by atoms with Gasteiger partial charge in [0.05, 0.1) is 13.2 Å². The van der Waals surface area contributed by atoms with Gasteiger partial charge in [0.2, 0.25) is 5.91 Å². The zero-order chi connectivity index (χ0) is 12.6. The lowest BCUT2D eigenvalue weighted by Gasteiger charge is -2.27. The zero-order valence-electron chi connectivity index (χ0n) is 11.1. The Morgan fingerprint density at radius 3 is 2.12 bits per heavy atom. The van der Waals surface area contributed by atoms with Gasteiger partial charge in [0.15, 0.2) is 0 Å². The second kappa shape index (κ2) is 8.53. The Labute approximate surface area is 99.2 Å². The highest BCUT2D eigenvalue weighted by Gasteiger charge is 2.16. The number of carbonyl (C=O) groups is 1. The molecular formula is C12H26N2O2. The molecule has 0 saturated heterocycles. The van der Waals surface area contributed by atoms with Crippen LogP contribution in [0.15, 0.2) is 0 Å². The first-order valence-corrected chi connectivity index (χ1v) is 6.15. The van der Waals surface area contributed by atoms with E-state index in [9.17, 15) is 4.79 Å². The van der Waals surface area contributed by atoms with Gasteiger partial charge in [0.1, 0.15) is 0 Å². The summed E-state index contributed by atoms with van der Waals surface area (Å²) >= 11 is 0. The highest BCUT2D eigenvalue weighted by Crippen LogP contribution is 2.00. The summed E-state index contributed by atoms with van der Waals surface area (Å²) in [5.74, 6) is 0.159. The second-order valence-electron chi connectivity index (χ2n) is 4.33. The van der Waals surface area contributed by atoms with Gasteiger partial charge in [-0.15, -0.1) is 0 Å². The van der Waals surface area contributed by atoms with Crippen LogP contribution in [-0.4, -0.2) is 60.1 Å². The Balaban J connectivity index is 4.17. The van der Waals surface area contributed by atoms with E-state index < -0.39 is 0 Å². The molecule has 96 valence electrons. The quantitative estimate of drug-likeness (QED) is 0.675. The van der Waals surface area contributed by atoms with Gasteiger partial charge in [-0.2, -0.15) is 0 Å². The molecule has 0 bridgehead atoms. The van der Waals surface area contributed by atoms with Gasteiger partial charge < -0.3 is 10.0 Å².